The Bertz CT molecular complexity index is 1240. The van der Waals surface area contributed by atoms with Crippen LogP contribution in [0.4, 0.5) is 13.2 Å². The van der Waals surface area contributed by atoms with E-state index in [4.69, 9.17) is 27.9 Å². The molecular formula is C24H22Cl2F3NO3. The molecule has 1 aliphatic rings. The lowest BCUT2D eigenvalue weighted by Crippen LogP contribution is -2.16. The molecule has 0 aliphatic heterocycles. The third-order valence-electron chi connectivity index (χ3n) is 6.33. The van der Waals surface area contributed by atoms with Gasteiger partial charge in [-0.2, -0.15) is 13.2 Å². The zero-order chi connectivity index (χ0) is 24.1. The van der Waals surface area contributed by atoms with Crippen LogP contribution >= 0.6 is 23.2 Å². The highest BCUT2D eigenvalue weighted by atomic mass is 35.5. The maximum atomic E-state index is 13.3. The third-order valence-corrected chi connectivity index (χ3v) is 7.10. The molecule has 1 saturated carbocycles. The standard InChI is InChI=1S/C24H22Cl2F3NO3/c1-12-7-14(24(27,28)29)9-20-17(12)10-15(30(20)2)11-18-19(25)5-6-21(22(18)26)33-16-4-3-13(8-16)23(31)32/h5-7,9-10,13,16H,3-4,8,11H2,1-2H3,(H,31,32)/t13?,16-/m0/s1. The Balaban J connectivity index is 1.65. The molecule has 9 heteroatoms. The number of benzene rings is 2. The van der Waals surface area contributed by atoms with Crippen LogP contribution in [0.1, 0.15) is 41.6 Å². The number of halogens is 5. The van der Waals surface area contributed by atoms with Gasteiger partial charge in [-0.1, -0.05) is 23.2 Å². The smallest absolute Gasteiger partial charge is 0.416 e. The summed E-state index contributed by atoms with van der Waals surface area (Å²) in [4.78, 5) is 11.2. The number of aryl methyl sites for hydroxylation is 2. The zero-order valence-corrected chi connectivity index (χ0v) is 19.5. The van der Waals surface area contributed by atoms with Crippen molar-refractivity contribution in [1.82, 2.24) is 4.57 Å². The number of rotatable bonds is 5. The van der Waals surface area contributed by atoms with E-state index >= 15 is 0 Å². The number of carbonyl (C=O) groups is 1. The molecule has 3 aromatic rings. The summed E-state index contributed by atoms with van der Waals surface area (Å²) in [5.74, 6) is -0.841. The SMILES string of the molecule is Cc1cc(C(F)(F)F)cc2c1cc(Cc1c(Cl)ccc(O[C@H]3CCC(C(=O)O)C3)c1Cl)n2C. The van der Waals surface area contributed by atoms with E-state index in [9.17, 15) is 23.1 Å². The van der Waals surface area contributed by atoms with Crippen molar-refractivity contribution in [3.63, 3.8) is 0 Å². The number of alkyl halides is 3. The highest BCUT2D eigenvalue weighted by Gasteiger charge is 2.33. The molecule has 4 nitrogen and oxygen atoms in total. The van der Waals surface area contributed by atoms with Crippen molar-refractivity contribution in [3.05, 3.63) is 62.8 Å². The normalized spacial score (nSPS) is 18.8. The summed E-state index contributed by atoms with van der Waals surface area (Å²) in [6.45, 7) is 1.65. The van der Waals surface area contributed by atoms with Gasteiger partial charge in [0.1, 0.15) is 5.75 Å². The molecule has 1 fully saturated rings. The Hall–Kier alpha value is -2.38. The van der Waals surface area contributed by atoms with Crippen LogP contribution in [0.3, 0.4) is 0 Å². The summed E-state index contributed by atoms with van der Waals surface area (Å²) in [6.07, 6.45) is -2.81. The third kappa shape index (κ3) is 4.66. The lowest BCUT2D eigenvalue weighted by atomic mass is 10.1. The lowest BCUT2D eigenvalue weighted by Gasteiger charge is -2.17. The number of fused-ring (bicyclic) bond motifs is 1. The molecular weight excluding hydrogens is 478 g/mol. The van der Waals surface area contributed by atoms with Crippen molar-refractivity contribution < 1.29 is 27.8 Å². The van der Waals surface area contributed by atoms with Gasteiger partial charge in [-0.05, 0) is 67.6 Å². The van der Waals surface area contributed by atoms with Gasteiger partial charge in [-0.15, -0.1) is 0 Å². The molecule has 33 heavy (non-hydrogen) atoms. The number of carboxylic acids is 1. The fraction of sp³-hybridized carbons (Fsp3) is 0.375. The lowest BCUT2D eigenvalue weighted by molar-refractivity contribution is -0.141. The first-order valence-corrected chi connectivity index (χ1v) is 11.2. The van der Waals surface area contributed by atoms with Crippen molar-refractivity contribution in [1.29, 1.82) is 0 Å². The predicted molar refractivity (Wildman–Crippen MR) is 121 cm³/mol. The van der Waals surface area contributed by atoms with E-state index in [1.165, 1.54) is 0 Å². The first-order chi connectivity index (χ1) is 15.5. The van der Waals surface area contributed by atoms with Crippen LogP contribution in [0.15, 0.2) is 30.3 Å². The van der Waals surface area contributed by atoms with Gasteiger partial charge in [0.25, 0.3) is 0 Å². The summed E-state index contributed by atoms with van der Waals surface area (Å²) < 4.78 is 47.5. The second kappa shape index (κ2) is 8.76. The fourth-order valence-corrected chi connectivity index (χ4v) is 5.01. The number of nitrogens with zero attached hydrogens (tertiary/aromatic N) is 1. The Morgan fingerprint density at radius 1 is 1.21 bits per heavy atom. The van der Waals surface area contributed by atoms with E-state index in [1.807, 2.05) is 6.07 Å². The second-order valence-corrected chi connectivity index (χ2v) is 9.31. The maximum absolute atomic E-state index is 13.3. The Morgan fingerprint density at radius 2 is 1.94 bits per heavy atom. The zero-order valence-electron chi connectivity index (χ0n) is 18.0. The Kier molecular flexibility index (Phi) is 6.31. The van der Waals surface area contributed by atoms with E-state index in [0.717, 1.165) is 23.2 Å². The van der Waals surface area contributed by atoms with Crippen LogP contribution in [-0.4, -0.2) is 21.7 Å². The molecule has 0 spiro atoms. The minimum absolute atomic E-state index is 0.251. The summed E-state index contributed by atoms with van der Waals surface area (Å²) >= 11 is 13.0. The average Bonchev–Trinajstić information content (AvgIpc) is 3.32. The number of hydrogen-bond donors (Lipinski definition) is 1. The van der Waals surface area contributed by atoms with E-state index in [-0.39, 0.29) is 6.10 Å². The number of carboxylic acid groups (broad SMARTS) is 1. The quantitative estimate of drug-likeness (QED) is 0.409. The number of aliphatic carboxylic acids is 1. The van der Waals surface area contributed by atoms with Gasteiger partial charge in [0.05, 0.1) is 22.6 Å². The van der Waals surface area contributed by atoms with Crippen LogP contribution in [0.2, 0.25) is 10.0 Å². The van der Waals surface area contributed by atoms with E-state index in [2.05, 4.69) is 0 Å². The fourth-order valence-electron chi connectivity index (χ4n) is 4.46. The predicted octanol–water partition coefficient (Wildman–Crippen LogP) is 7.04. The number of ether oxygens (including phenoxy) is 1. The molecule has 1 aliphatic carbocycles. The van der Waals surface area contributed by atoms with Crippen molar-refractivity contribution >= 4 is 40.1 Å². The highest BCUT2D eigenvalue weighted by molar-refractivity contribution is 6.37. The molecule has 2 aromatic carbocycles. The topological polar surface area (TPSA) is 51.5 Å². The first kappa shape index (κ1) is 23.8. The maximum Gasteiger partial charge on any atom is 0.416 e. The van der Waals surface area contributed by atoms with Crippen molar-refractivity contribution in [2.75, 3.05) is 0 Å². The summed E-state index contributed by atoms with van der Waals surface area (Å²) in [7, 11) is 1.71. The minimum atomic E-state index is -4.43. The van der Waals surface area contributed by atoms with E-state index < -0.39 is 23.6 Å². The van der Waals surface area contributed by atoms with Gasteiger partial charge in [0.2, 0.25) is 0 Å². The van der Waals surface area contributed by atoms with Gasteiger partial charge in [-0.25, -0.2) is 0 Å². The highest BCUT2D eigenvalue weighted by Crippen LogP contribution is 2.39. The van der Waals surface area contributed by atoms with Crippen LogP contribution in [0, 0.1) is 12.8 Å². The first-order valence-electron chi connectivity index (χ1n) is 10.5. The average molecular weight is 500 g/mol. The van der Waals surface area contributed by atoms with Gasteiger partial charge < -0.3 is 14.4 Å². The summed E-state index contributed by atoms with van der Waals surface area (Å²) in [5, 5.41) is 10.7. The molecule has 1 N–H and O–H groups in total. The summed E-state index contributed by atoms with van der Waals surface area (Å²) in [5.41, 5.74) is 1.67. The molecule has 4 rings (SSSR count). The van der Waals surface area contributed by atoms with Crippen molar-refractivity contribution in [3.8, 4) is 5.75 Å². The molecule has 176 valence electrons. The number of hydrogen-bond acceptors (Lipinski definition) is 2. The molecule has 0 bridgehead atoms. The molecule has 1 aromatic heterocycles. The largest absolute Gasteiger partial charge is 0.489 e. The molecule has 2 atom stereocenters. The van der Waals surface area contributed by atoms with E-state index in [0.29, 0.717) is 58.1 Å². The minimum Gasteiger partial charge on any atom is -0.489 e. The Morgan fingerprint density at radius 3 is 2.58 bits per heavy atom. The van der Waals surface area contributed by atoms with Gasteiger partial charge >= 0.3 is 12.1 Å². The second-order valence-electron chi connectivity index (χ2n) is 8.52. The van der Waals surface area contributed by atoms with Crippen LogP contribution in [0.25, 0.3) is 10.9 Å². The van der Waals surface area contributed by atoms with Gasteiger partial charge in [-0.3, -0.25) is 4.79 Å². The van der Waals surface area contributed by atoms with Crippen molar-refractivity contribution in [2.24, 2.45) is 13.0 Å². The van der Waals surface area contributed by atoms with Gasteiger partial charge in [0.15, 0.2) is 0 Å². The van der Waals surface area contributed by atoms with Crippen LogP contribution < -0.4 is 4.74 Å². The van der Waals surface area contributed by atoms with E-state index in [1.54, 1.807) is 30.7 Å². The molecule has 1 heterocycles. The van der Waals surface area contributed by atoms with Crippen LogP contribution in [-0.2, 0) is 24.4 Å². The molecule has 1 unspecified atom stereocenters. The van der Waals surface area contributed by atoms with Crippen molar-refractivity contribution in [2.45, 2.75) is 44.9 Å². The molecule has 0 amide bonds. The molecule has 0 radical (unpaired) electrons. The van der Waals surface area contributed by atoms with Crippen LogP contribution in [0.5, 0.6) is 5.75 Å². The van der Waals surface area contributed by atoms with Gasteiger partial charge in [0, 0.05) is 35.1 Å². The molecule has 0 saturated heterocycles. The number of aromatic nitrogens is 1. The summed E-state index contributed by atoms with van der Waals surface area (Å²) in [6, 6.07) is 7.46. The Labute approximate surface area is 198 Å². The monoisotopic (exact) mass is 499 g/mol.